The van der Waals surface area contributed by atoms with Gasteiger partial charge in [-0.3, -0.25) is 24.9 Å². The van der Waals surface area contributed by atoms with E-state index in [1.807, 2.05) is 0 Å². The van der Waals surface area contributed by atoms with Gasteiger partial charge < -0.3 is 0 Å². The third kappa shape index (κ3) is 10.5. The smallest absolute Gasteiger partial charge is 0.0748 e. The predicted molar refractivity (Wildman–Crippen MR) is 348 cm³/mol. The Morgan fingerprint density at radius 2 is 0.651 bits per heavy atom. The number of hydrogen-bond acceptors (Lipinski definition) is 5. The van der Waals surface area contributed by atoms with Gasteiger partial charge in [-0.15, -0.1) is 0 Å². The third-order valence-corrected chi connectivity index (χ3v) is 19.1. The first kappa shape index (κ1) is 56.7. The van der Waals surface area contributed by atoms with E-state index in [9.17, 15) is 0 Å². The average molecular weight is 1090 g/mol. The van der Waals surface area contributed by atoms with Crippen LogP contribution in [0.1, 0.15) is 156 Å². The van der Waals surface area contributed by atoms with Crippen LogP contribution >= 0.6 is 0 Å². The van der Waals surface area contributed by atoms with Crippen molar-refractivity contribution < 1.29 is 0 Å². The Hall–Kier alpha value is -8.15. The molecule has 0 fully saturated rings. The molecule has 0 saturated carbocycles. The molecule has 0 unspecified atom stereocenters. The maximum absolute atomic E-state index is 4.82. The largest absolute Gasteiger partial charge is 0.253 e. The van der Waals surface area contributed by atoms with Crippen molar-refractivity contribution in [1.82, 2.24) is 24.9 Å². The van der Waals surface area contributed by atoms with Crippen LogP contribution in [0.2, 0.25) is 0 Å². The Bertz CT molecular complexity index is 4320. The van der Waals surface area contributed by atoms with E-state index in [0.717, 1.165) is 60.6 Å². The monoisotopic (exact) mass is 1090 g/mol. The van der Waals surface area contributed by atoms with E-state index in [2.05, 4.69) is 228 Å². The molecule has 5 aliphatic carbocycles. The molecular formula is C78H81N5. The number of pyridine rings is 5. The molecule has 0 N–H and O–H groups in total. The minimum Gasteiger partial charge on any atom is -0.253 e. The molecule has 10 aromatic rings. The second kappa shape index (κ2) is 22.2. The van der Waals surface area contributed by atoms with E-state index in [0.29, 0.717) is 0 Å². The standard InChI is InChI=1S/3C16H17N.2C15H15N/c1-9-5-6-14-13(7-9)8-15-11(3)10(2)12(4)17-16(14)15;1-9-5-6-13-8-14-11(3)10(2)12(4)17-16(14)15(13)7-9;1-9-6-5-7-13-8-14-11(3)10(2)12(4)17-16(14)15(9)13;1-9-4-5-14-12(6-9)8-13-7-10(2)11(3)16-15(13)14;1-9-5-4-6-13-14(9)8-12-7-10(2)11(3)16-15(12)13/h3*5-7H,8H2,1-4H3;2*4-7H,8H2,1-3H3. The van der Waals surface area contributed by atoms with Crippen LogP contribution in [0, 0.1) is 125 Å². The third-order valence-electron chi connectivity index (χ3n) is 19.1. The molecule has 5 heteroatoms. The molecule has 0 spiro atoms. The fourth-order valence-electron chi connectivity index (χ4n) is 13.1. The molecule has 0 saturated heterocycles. The second-order valence-electron chi connectivity index (χ2n) is 24.7. The summed E-state index contributed by atoms with van der Waals surface area (Å²) in [5.74, 6) is 0. The van der Waals surface area contributed by atoms with Crippen molar-refractivity contribution in [1.29, 1.82) is 0 Å². The number of aromatic nitrogens is 5. The molecule has 83 heavy (non-hydrogen) atoms. The molecular weight excluding hydrogens is 1010 g/mol. The lowest BCUT2D eigenvalue weighted by molar-refractivity contribution is 1.09. The molecule has 5 nitrogen and oxygen atoms in total. The summed E-state index contributed by atoms with van der Waals surface area (Å²) in [5.41, 5.74) is 50.3. The molecule has 15 rings (SSSR count). The van der Waals surface area contributed by atoms with Crippen LogP contribution in [0.5, 0.6) is 0 Å². The fraction of sp³-hybridized carbons (Fsp3) is 0.295. The van der Waals surface area contributed by atoms with Gasteiger partial charge in [0.15, 0.2) is 0 Å². The van der Waals surface area contributed by atoms with Gasteiger partial charge in [-0.1, -0.05) is 114 Å². The number of benzene rings is 5. The van der Waals surface area contributed by atoms with Crippen molar-refractivity contribution in [3.05, 3.63) is 260 Å². The molecule has 5 aromatic heterocycles. The maximum Gasteiger partial charge on any atom is 0.0748 e. The van der Waals surface area contributed by atoms with Crippen LogP contribution in [0.15, 0.2) is 103 Å². The van der Waals surface area contributed by atoms with Gasteiger partial charge in [-0.25, -0.2) is 0 Å². The second-order valence-corrected chi connectivity index (χ2v) is 24.7. The minimum atomic E-state index is 1.04. The van der Waals surface area contributed by atoms with E-state index in [1.54, 1.807) is 0 Å². The first-order valence-electron chi connectivity index (χ1n) is 29.9. The topological polar surface area (TPSA) is 64.5 Å². The molecule has 0 atom stereocenters. The highest BCUT2D eigenvalue weighted by Gasteiger charge is 2.28. The van der Waals surface area contributed by atoms with Crippen LogP contribution in [0.4, 0.5) is 0 Å². The van der Waals surface area contributed by atoms with E-state index in [4.69, 9.17) is 24.9 Å². The van der Waals surface area contributed by atoms with Crippen molar-refractivity contribution in [3.8, 4) is 56.3 Å². The average Bonchev–Trinajstić information content (AvgIpc) is 3.32. The summed E-state index contributed by atoms with van der Waals surface area (Å²) >= 11 is 0. The van der Waals surface area contributed by atoms with Gasteiger partial charge >= 0.3 is 0 Å². The Morgan fingerprint density at radius 3 is 1.24 bits per heavy atom. The summed E-state index contributed by atoms with van der Waals surface area (Å²) in [6, 6.07) is 37.7. The number of aryl methyl sites for hydroxylation is 12. The van der Waals surface area contributed by atoms with Crippen LogP contribution in [0.25, 0.3) is 56.3 Å². The number of hydrogen-bond donors (Lipinski definition) is 0. The zero-order valence-corrected chi connectivity index (χ0v) is 52.6. The van der Waals surface area contributed by atoms with Crippen LogP contribution < -0.4 is 0 Å². The molecule has 5 aliphatic rings. The molecule has 0 bridgehead atoms. The highest BCUT2D eigenvalue weighted by Crippen LogP contribution is 2.43. The van der Waals surface area contributed by atoms with Crippen molar-refractivity contribution in [2.24, 2.45) is 0 Å². The lowest BCUT2D eigenvalue weighted by atomic mass is 10.0. The van der Waals surface area contributed by atoms with Gasteiger partial charge in [0.2, 0.25) is 0 Å². The fourth-order valence-corrected chi connectivity index (χ4v) is 13.1. The maximum atomic E-state index is 4.82. The molecule has 5 aromatic carbocycles. The lowest BCUT2D eigenvalue weighted by Crippen LogP contribution is -1.98. The number of fused-ring (bicyclic) bond motifs is 15. The van der Waals surface area contributed by atoms with Crippen molar-refractivity contribution in [2.45, 2.75) is 157 Å². The summed E-state index contributed by atoms with van der Waals surface area (Å²) in [4.78, 5) is 23.9. The number of rotatable bonds is 0. The van der Waals surface area contributed by atoms with Crippen LogP contribution in [-0.4, -0.2) is 24.9 Å². The first-order valence-corrected chi connectivity index (χ1v) is 29.9. The lowest BCUT2D eigenvalue weighted by Gasteiger charge is -2.10. The van der Waals surface area contributed by atoms with E-state index in [-0.39, 0.29) is 0 Å². The van der Waals surface area contributed by atoms with Crippen molar-refractivity contribution in [3.63, 3.8) is 0 Å². The van der Waals surface area contributed by atoms with Crippen molar-refractivity contribution >= 4 is 0 Å². The van der Waals surface area contributed by atoms with Gasteiger partial charge in [-0.2, -0.15) is 0 Å². The Balaban J connectivity index is 0.000000109. The van der Waals surface area contributed by atoms with Crippen LogP contribution in [0.3, 0.4) is 0 Å². The quantitative estimate of drug-likeness (QED) is 0.151. The predicted octanol–water partition coefficient (Wildman–Crippen LogP) is 18.8. The van der Waals surface area contributed by atoms with Crippen molar-refractivity contribution in [2.75, 3.05) is 0 Å². The summed E-state index contributed by atoms with van der Waals surface area (Å²) in [6.07, 6.45) is 5.23. The zero-order chi connectivity index (χ0) is 59.0. The van der Waals surface area contributed by atoms with Gasteiger partial charge in [-0.05, 0) is 242 Å². The van der Waals surface area contributed by atoms with E-state index >= 15 is 0 Å². The van der Waals surface area contributed by atoms with Gasteiger partial charge in [0, 0.05) is 88.4 Å². The van der Waals surface area contributed by atoms with Gasteiger partial charge in [0.25, 0.3) is 0 Å². The first-order chi connectivity index (χ1) is 39.6. The summed E-state index contributed by atoms with van der Waals surface area (Å²) in [5, 5.41) is 0. The molecule has 0 amide bonds. The summed E-state index contributed by atoms with van der Waals surface area (Å²) < 4.78 is 0. The van der Waals surface area contributed by atoms with E-state index in [1.165, 1.54) is 184 Å². The van der Waals surface area contributed by atoms with Gasteiger partial charge in [0.05, 0.1) is 28.5 Å². The van der Waals surface area contributed by atoms with Crippen LogP contribution in [-0.2, 0) is 32.1 Å². The van der Waals surface area contributed by atoms with E-state index < -0.39 is 0 Å². The Kier molecular flexibility index (Phi) is 15.2. The van der Waals surface area contributed by atoms with Gasteiger partial charge in [0.1, 0.15) is 0 Å². The minimum absolute atomic E-state index is 1.04. The summed E-state index contributed by atoms with van der Waals surface area (Å²) in [6.45, 7) is 38.8. The molecule has 418 valence electrons. The Labute approximate surface area is 494 Å². The number of nitrogens with zero attached hydrogens (tertiary/aromatic N) is 5. The molecule has 0 aliphatic heterocycles. The highest BCUT2D eigenvalue weighted by molar-refractivity contribution is 5.80. The Morgan fingerprint density at radius 1 is 0.241 bits per heavy atom. The molecule has 5 heterocycles. The molecule has 0 radical (unpaired) electrons. The normalized spacial score (nSPS) is 12.5. The zero-order valence-electron chi connectivity index (χ0n) is 52.6. The SMILES string of the molecule is Cc1cc2c(nc1C)-c1cccc(C)c1C2.Cc1ccc2c(c1)-c1nc(C)c(C)c(C)c1C2.Cc1ccc2c(c1)Cc1c-2nc(C)c(C)c1C.Cc1ccc2c(c1)Cc1cc(C)c(C)nc1-2.Cc1cccc2c1-c1nc(C)c(C)c(C)c1C2. The summed E-state index contributed by atoms with van der Waals surface area (Å²) in [7, 11) is 0. The highest BCUT2D eigenvalue weighted by atomic mass is 14.8.